The lowest BCUT2D eigenvalue weighted by molar-refractivity contribution is 0.100. The van der Waals surface area contributed by atoms with Crippen molar-refractivity contribution in [1.29, 1.82) is 0 Å². The quantitative estimate of drug-likeness (QED) is 0.686. The average molecular weight is 382 g/mol. The first-order chi connectivity index (χ1) is 13.6. The zero-order chi connectivity index (χ0) is 19.7. The Kier molecular flexibility index (Phi) is 5.11. The van der Waals surface area contributed by atoms with Crippen LogP contribution in [0.2, 0.25) is 0 Å². The van der Waals surface area contributed by atoms with E-state index in [2.05, 4.69) is 14.9 Å². The molecule has 1 fully saturated rings. The Morgan fingerprint density at radius 2 is 2.25 bits per heavy atom. The average Bonchev–Trinajstić information content (AvgIpc) is 3.28. The number of para-hydroxylation sites is 1. The number of aromatic amines is 1. The van der Waals surface area contributed by atoms with Crippen LogP contribution >= 0.6 is 0 Å². The lowest BCUT2D eigenvalue weighted by Gasteiger charge is -2.23. The molecular weight excluding hydrogens is 359 g/mol. The number of halogens is 1. The Bertz CT molecular complexity index is 1020. The first kappa shape index (κ1) is 18.6. The molecule has 3 aromatic rings. The maximum Gasteiger partial charge on any atom is 0.250 e. The second-order valence-electron chi connectivity index (χ2n) is 7.19. The maximum absolute atomic E-state index is 14.8. The first-order valence-electron chi connectivity index (χ1n) is 9.37. The molecule has 1 atom stereocenters. The number of imidazole rings is 1. The zero-order valence-electron chi connectivity index (χ0n) is 15.7. The molecule has 0 bridgehead atoms. The molecule has 0 aliphatic carbocycles. The van der Waals surface area contributed by atoms with Crippen molar-refractivity contribution >= 4 is 16.9 Å². The number of likely N-dealkylation sites (tertiary alicyclic amines) is 1. The van der Waals surface area contributed by atoms with Crippen molar-refractivity contribution in [3.8, 4) is 11.4 Å². The van der Waals surface area contributed by atoms with Gasteiger partial charge in [-0.1, -0.05) is 12.1 Å². The van der Waals surface area contributed by atoms with Gasteiger partial charge >= 0.3 is 0 Å². The van der Waals surface area contributed by atoms with E-state index in [1.165, 1.54) is 0 Å². The molecule has 146 valence electrons. The minimum Gasteiger partial charge on any atom is -0.383 e. The van der Waals surface area contributed by atoms with Gasteiger partial charge < -0.3 is 15.5 Å². The summed E-state index contributed by atoms with van der Waals surface area (Å²) in [6.45, 7) is 2.38. The molecule has 1 saturated heterocycles. The van der Waals surface area contributed by atoms with E-state index in [1.54, 1.807) is 37.4 Å². The third-order valence-electron chi connectivity index (χ3n) is 5.31. The highest BCUT2D eigenvalue weighted by Crippen LogP contribution is 2.27. The van der Waals surface area contributed by atoms with Crippen molar-refractivity contribution in [3.63, 3.8) is 0 Å². The van der Waals surface area contributed by atoms with Gasteiger partial charge in [0.05, 0.1) is 23.3 Å². The summed E-state index contributed by atoms with van der Waals surface area (Å²) in [6.07, 6.45) is 2.24. The molecule has 2 heterocycles. The molecule has 0 saturated carbocycles. The SMILES string of the molecule is COC[C@@H]1CCCN1Cc1ccc(-c2nc3c(C(N)=O)cccc3[nH]2)c(F)c1. The van der Waals surface area contributed by atoms with Gasteiger partial charge in [-0.2, -0.15) is 0 Å². The molecule has 7 heteroatoms. The normalized spacial score (nSPS) is 17.4. The molecule has 0 unspecified atom stereocenters. The summed E-state index contributed by atoms with van der Waals surface area (Å²) in [5.74, 6) is -0.526. The standard InChI is InChI=1S/C21H23FN4O2/c1-28-12-14-4-3-9-26(14)11-13-7-8-15(17(22)10-13)21-24-18-6-2-5-16(20(23)27)19(18)25-21/h2,5-8,10,14H,3-4,9,11-12H2,1H3,(H2,23,27)(H,24,25)/t14-/m0/s1. The molecule has 1 aliphatic rings. The van der Waals surface area contributed by atoms with Crippen LogP contribution < -0.4 is 5.73 Å². The van der Waals surface area contributed by atoms with E-state index in [-0.39, 0.29) is 5.82 Å². The zero-order valence-corrected chi connectivity index (χ0v) is 15.7. The molecule has 3 N–H and O–H groups in total. The fourth-order valence-electron chi connectivity index (χ4n) is 3.93. The summed E-state index contributed by atoms with van der Waals surface area (Å²) in [5.41, 5.74) is 8.10. The van der Waals surface area contributed by atoms with Crippen molar-refractivity contribution in [2.24, 2.45) is 5.73 Å². The Labute approximate surface area is 162 Å². The summed E-state index contributed by atoms with van der Waals surface area (Å²) in [4.78, 5) is 21.4. The van der Waals surface area contributed by atoms with Crippen LogP contribution in [0.3, 0.4) is 0 Å². The largest absolute Gasteiger partial charge is 0.383 e. The molecule has 28 heavy (non-hydrogen) atoms. The molecule has 2 aromatic carbocycles. The van der Waals surface area contributed by atoms with E-state index in [9.17, 15) is 9.18 Å². The number of carbonyl (C=O) groups is 1. The number of hydrogen-bond acceptors (Lipinski definition) is 4. The number of nitrogens with two attached hydrogens (primary N) is 1. The summed E-state index contributed by atoms with van der Waals surface area (Å²) in [7, 11) is 1.71. The Morgan fingerprint density at radius 1 is 1.39 bits per heavy atom. The molecule has 0 spiro atoms. The van der Waals surface area contributed by atoms with Gasteiger partial charge in [0.2, 0.25) is 0 Å². The van der Waals surface area contributed by atoms with Crippen LogP contribution in [0.25, 0.3) is 22.4 Å². The number of rotatable bonds is 6. The van der Waals surface area contributed by atoms with E-state index < -0.39 is 5.91 Å². The predicted octanol–water partition coefficient (Wildman–Crippen LogP) is 3.08. The maximum atomic E-state index is 14.8. The number of H-pyrrole nitrogens is 1. The molecule has 1 amide bonds. The Hall–Kier alpha value is -2.77. The highest BCUT2D eigenvalue weighted by Gasteiger charge is 2.24. The minimum atomic E-state index is -0.560. The van der Waals surface area contributed by atoms with Crippen LogP contribution in [0.5, 0.6) is 0 Å². The van der Waals surface area contributed by atoms with Gasteiger partial charge in [-0.05, 0) is 49.2 Å². The van der Waals surface area contributed by atoms with Gasteiger partial charge in [0, 0.05) is 19.7 Å². The fourth-order valence-corrected chi connectivity index (χ4v) is 3.93. The second-order valence-corrected chi connectivity index (χ2v) is 7.19. The van der Waals surface area contributed by atoms with Crippen molar-refractivity contribution in [2.45, 2.75) is 25.4 Å². The minimum absolute atomic E-state index is 0.315. The van der Waals surface area contributed by atoms with Crippen LogP contribution in [-0.2, 0) is 11.3 Å². The third-order valence-corrected chi connectivity index (χ3v) is 5.31. The molecular formula is C21H23FN4O2. The predicted molar refractivity (Wildman–Crippen MR) is 105 cm³/mol. The van der Waals surface area contributed by atoms with Crippen molar-refractivity contribution in [2.75, 3.05) is 20.3 Å². The van der Waals surface area contributed by atoms with Gasteiger partial charge in [-0.25, -0.2) is 9.37 Å². The molecule has 1 aliphatic heterocycles. The summed E-state index contributed by atoms with van der Waals surface area (Å²) < 4.78 is 20.1. The Morgan fingerprint density at radius 3 is 3.00 bits per heavy atom. The van der Waals surface area contributed by atoms with Crippen LogP contribution in [0.1, 0.15) is 28.8 Å². The summed E-state index contributed by atoms with van der Waals surface area (Å²) in [5, 5.41) is 0. The lowest BCUT2D eigenvalue weighted by atomic mass is 10.1. The monoisotopic (exact) mass is 382 g/mol. The van der Waals surface area contributed by atoms with Gasteiger partial charge in [-0.15, -0.1) is 0 Å². The summed E-state index contributed by atoms with van der Waals surface area (Å²) in [6, 6.07) is 10.7. The number of methoxy groups -OCH3 is 1. The van der Waals surface area contributed by atoms with Gasteiger partial charge in [-0.3, -0.25) is 9.69 Å². The number of amides is 1. The van der Waals surface area contributed by atoms with E-state index in [1.807, 2.05) is 6.07 Å². The molecule has 0 radical (unpaired) electrons. The lowest BCUT2D eigenvalue weighted by Crippen LogP contribution is -2.32. The van der Waals surface area contributed by atoms with Crippen LogP contribution in [0.4, 0.5) is 4.39 Å². The number of nitrogens with one attached hydrogen (secondary N) is 1. The number of carbonyl (C=O) groups excluding carboxylic acids is 1. The van der Waals surface area contributed by atoms with Crippen molar-refractivity contribution < 1.29 is 13.9 Å². The first-order valence-corrected chi connectivity index (χ1v) is 9.37. The summed E-state index contributed by atoms with van der Waals surface area (Å²) >= 11 is 0. The van der Waals surface area contributed by atoms with Gasteiger partial charge in [0.25, 0.3) is 5.91 Å². The molecule has 6 nitrogen and oxygen atoms in total. The number of ether oxygens (including phenoxy) is 1. The second kappa shape index (κ2) is 7.69. The van der Waals surface area contributed by atoms with Crippen LogP contribution in [0, 0.1) is 5.82 Å². The topological polar surface area (TPSA) is 84.2 Å². The Balaban J connectivity index is 1.61. The number of aromatic nitrogens is 2. The number of benzene rings is 2. The smallest absolute Gasteiger partial charge is 0.250 e. The number of primary amides is 1. The fraction of sp³-hybridized carbons (Fsp3) is 0.333. The molecule has 4 rings (SSSR count). The van der Waals surface area contributed by atoms with E-state index >= 15 is 0 Å². The van der Waals surface area contributed by atoms with Crippen molar-refractivity contribution in [3.05, 3.63) is 53.3 Å². The van der Waals surface area contributed by atoms with E-state index in [0.29, 0.717) is 47.2 Å². The molecule has 1 aromatic heterocycles. The van der Waals surface area contributed by atoms with Crippen LogP contribution in [-0.4, -0.2) is 47.1 Å². The van der Waals surface area contributed by atoms with Crippen molar-refractivity contribution in [1.82, 2.24) is 14.9 Å². The van der Waals surface area contributed by atoms with Gasteiger partial charge in [0.15, 0.2) is 0 Å². The number of hydrogen-bond donors (Lipinski definition) is 2. The van der Waals surface area contributed by atoms with E-state index in [4.69, 9.17) is 10.5 Å². The van der Waals surface area contributed by atoms with Gasteiger partial charge in [0.1, 0.15) is 17.2 Å². The third kappa shape index (κ3) is 3.50. The highest BCUT2D eigenvalue weighted by atomic mass is 19.1. The number of fused-ring (bicyclic) bond motifs is 1. The highest BCUT2D eigenvalue weighted by molar-refractivity contribution is 6.04. The van der Waals surface area contributed by atoms with Crippen LogP contribution in [0.15, 0.2) is 36.4 Å². The number of nitrogens with zero attached hydrogens (tertiary/aromatic N) is 2. The van der Waals surface area contributed by atoms with E-state index in [0.717, 1.165) is 24.9 Å².